The fraction of sp³-hybridized carbons (Fsp3) is 0.459. The molecule has 11 nitrogen and oxygen atoms in total. The number of anilines is 1. The molecule has 1 amide bonds. The van der Waals surface area contributed by atoms with Crippen LogP contribution in [0.25, 0.3) is 32.9 Å². The smallest absolute Gasteiger partial charge is 0.471 e. The summed E-state index contributed by atoms with van der Waals surface area (Å²) < 4.78 is 90.3. The van der Waals surface area contributed by atoms with E-state index in [2.05, 4.69) is 20.8 Å². The van der Waals surface area contributed by atoms with Crippen LogP contribution >= 0.6 is 0 Å². The molecule has 16 heteroatoms. The Bertz CT molecular complexity index is 2150. The third-order valence-corrected chi connectivity index (χ3v) is 10.7. The zero-order valence-electron chi connectivity index (χ0n) is 28.7. The van der Waals surface area contributed by atoms with Gasteiger partial charge in [-0.2, -0.15) is 23.1 Å². The lowest BCUT2D eigenvalue weighted by atomic mass is 9.95. The number of carbonyl (C=O) groups is 1. The number of phenols is 1. The zero-order valence-corrected chi connectivity index (χ0v) is 28.7. The highest BCUT2D eigenvalue weighted by molar-refractivity contribution is 6.04. The van der Waals surface area contributed by atoms with Gasteiger partial charge in [0.1, 0.15) is 34.0 Å². The summed E-state index contributed by atoms with van der Waals surface area (Å²) in [6, 6.07) is 3.41. The number of carbonyl (C=O) groups excluding carboxylic acids is 1. The maximum atomic E-state index is 17.1. The summed E-state index contributed by atoms with van der Waals surface area (Å²) in [7, 11) is 1.30. The number of piperazine rings is 1. The molecule has 2 aromatic carbocycles. The molecule has 2 atom stereocenters. The molecule has 0 spiro atoms. The van der Waals surface area contributed by atoms with Gasteiger partial charge in [0.25, 0.3) is 0 Å². The molecule has 8 rings (SSSR count). The van der Waals surface area contributed by atoms with Crippen molar-refractivity contribution in [3.8, 4) is 41.2 Å². The Morgan fingerprint density at radius 1 is 1.08 bits per heavy atom. The second-order valence-electron chi connectivity index (χ2n) is 14.2. The van der Waals surface area contributed by atoms with Gasteiger partial charge in [-0.3, -0.25) is 9.69 Å². The fourth-order valence-electron chi connectivity index (χ4n) is 8.01. The van der Waals surface area contributed by atoms with Gasteiger partial charge in [-0.15, -0.1) is 6.42 Å². The number of alkyl halides is 3. The van der Waals surface area contributed by atoms with Gasteiger partial charge in [-0.25, -0.2) is 13.8 Å². The van der Waals surface area contributed by atoms with Crippen LogP contribution < -0.4 is 14.4 Å². The standard InChI is InChI=1S/C37H35F5N6O5/c1-3-24-26(38)7-4-20-14-23(49)15-25(27(20)24)30-29(39)31-28(33(43-30)51-2)32(47-16-21-5-6-22(17-47)48(21)34(50)37(40,41)42)45-35(44-31)53-19-36(8-9-36)18-46-10-12-52-13-11-46/h1,4,7,14-15,21-22,49H,5-6,8-13,16-19H2,2H3/t21-,22+. The second kappa shape index (κ2) is 13.1. The van der Waals surface area contributed by atoms with Crippen molar-refractivity contribution in [1.29, 1.82) is 0 Å². The van der Waals surface area contributed by atoms with Crippen LogP contribution in [0.1, 0.15) is 31.2 Å². The van der Waals surface area contributed by atoms with Gasteiger partial charge in [0, 0.05) is 49.1 Å². The lowest BCUT2D eigenvalue weighted by molar-refractivity contribution is -0.188. The number of methoxy groups -OCH3 is 1. The lowest BCUT2D eigenvalue weighted by Crippen LogP contribution is -2.59. The number of amides is 1. The Hall–Kier alpha value is -5.01. The zero-order chi connectivity index (χ0) is 37.2. The molecule has 4 fully saturated rings. The van der Waals surface area contributed by atoms with E-state index in [0.29, 0.717) is 31.4 Å². The summed E-state index contributed by atoms with van der Waals surface area (Å²) >= 11 is 0. The van der Waals surface area contributed by atoms with E-state index in [-0.39, 0.29) is 81.7 Å². The largest absolute Gasteiger partial charge is 0.508 e. The number of hydrogen-bond donors (Lipinski definition) is 1. The van der Waals surface area contributed by atoms with Gasteiger partial charge >= 0.3 is 18.1 Å². The SMILES string of the molecule is C#Cc1c(F)ccc2cc(O)cc(-c3nc(OC)c4c(N5C[C@H]6CC[C@@H](C5)N6C(=O)C(F)(F)F)nc(OCC5(CN6CCOCC6)CC5)nc4c3F)c12. The van der Waals surface area contributed by atoms with Crippen LogP contribution in [-0.4, -0.2) is 114 Å². The topological polar surface area (TPSA) is 113 Å². The number of hydrogen-bond acceptors (Lipinski definition) is 10. The third kappa shape index (κ3) is 6.29. The van der Waals surface area contributed by atoms with Crippen LogP contribution in [0, 0.1) is 29.4 Å². The molecule has 0 radical (unpaired) electrons. The van der Waals surface area contributed by atoms with E-state index in [4.69, 9.17) is 25.6 Å². The van der Waals surface area contributed by atoms with E-state index in [9.17, 15) is 27.5 Å². The van der Waals surface area contributed by atoms with Gasteiger partial charge in [0.2, 0.25) is 5.88 Å². The molecule has 3 aliphatic heterocycles. The summed E-state index contributed by atoms with van der Waals surface area (Å²) in [5.74, 6) is -1.57. The molecule has 1 N–H and O–H groups in total. The molecule has 3 saturated heterocycles. The van der Waals surface area contributed by atoms with E-state index in [1.807, 2.05) is 0 Å². The number of nitrogens with zero attached hydrogens (tertiary/aromatic N) is 6. The Morgan fingerprint density at radius 3 is 2.43 bits per heavy atom. The molecule has 5 heterocycles. The number of ether oxygens (including phenoxy) is 3. The molecule has 278 valence electrons. The first-order valence-electron chi connectivity index (χ1n) is 17.3. The van der Waals surface area contributed by atoms with E-state index in [0.717, 1.165) is 43.4 Å². The number of phenolic OH excluding ortho intramolecular Hbond substituents is 1. The summed E-state index contributed by atoms with van der Waals surface area (Å²) in [6.07, 6.45) is 3.14. The average Bonchev–Trinajstić information content (AvgIpc) is 3.85. The minimum absolute atomic E-state index is 0.0208. The number of morpholine rings is 1. The van der Waals surface area contributed by atoms with Crippen LogP contribution in [0.4, 0.5) is 27.8 Å². The highest BCUT2D eigenvalue weighted by Gasteiger charge is 2.52. The normalized spacial score (nSPS) is 21.2. The predicted octanol–water partition coefficient (Wildman–Crippen LogP) is 5.05. The first-order chi connectivity index (χ1) is 25.4. The van der Waals surface area contributed by atoms with Gasteiger partial charge in [-0.05, 0) is 49.3 Å². The van der Waals surface area contributed by atoms with E-state index in [1.165, 1.54) is 25.3 Å². The number of rotatable bonds is 8. The molecular formula is C37H35F5N6O5. The first-order valence-corrected chi connectivity index (χ1v) is 17.3. The number of aromatic hydroxyl groups is 1. The van der Waals surface area contributed by atoms with Crippen LogP contribution in [0.15, 0.2) is 24.3 Å². The lowest BCUT2D eigenvalue weighted by Gasteiger charge is -2.42. The van der Waals surface area contributed by atoms with Crippen molar-refractivity contribution in [1.82, 2.24) is 24.8 Å². The molecule has 1 aliphatic carbocycles. The quantitative estimate of drug-likeness (QED) is 0.195. The average molecular weight is 739 g/mol. The number of terminal acetylenes is 1. The molecule has 2 bridgehead atoms. The summed E-state index contributed by atoms with van der Waals surface area (Å²) in [4.78, 5) is 31.0. The highest BCUT2D eigenvalue weighted by Crippen LogP contribution is 2.48. The molecule has 4 aliphatic rings. The van der Waals surface area contributed by atoms with Crippen molar-refractivity contribution in [3.63, 3.8) is 0 Å². The van der Waals surface area contributed by atoms with Crippen LogP contribution in [0.5, 0.6) is 17.6 Å². The van der Waals surface area contributed by atoms with Gasteiger partial charge in [0.05, 0.1) is 44.6 Å². The maximum Gasteiger partial charge on any atom is 0.471 e. The van der Waals surface area contributed by atoms with E-state index < -0.39 is 35.8 Å². The minimum atomic E-state index is -5.03. The first kappa shape index (κ1) is 35.0. The molecule has 4 aromatic rings. The van der Waals surface area contributed by atoms with Crippen LogP contribution in [0.3, 0.4) is 0 Å². The Labute approximate surface area is 300 Å². The molecule has 53 heavy (non-hydrogen) atoms. The molecule has 1 saturated carbocycles. The van der Waals surface area contributed by atoms with Crippen molar-refractivity contribution in [2.24, 2.45) is 5.41 Å². The monoisotopic (exact) mass is 738 g/mol. The van der Waals surface area contributed by atoms with Gasteiger partial charge in [-0.1, -0.05) is 12.0 Å². The highest BCUT2D eigenvalue weighted by atomic mass is 19.4. The van der Waals surface area contributed by atoms with Crippen molar-refractivity contribution in [2.75, 3.05) is 64.6 Å². The summed E-state index contributed by atoms with van der Waals surface area (Å²) in [5, 5.41) is 11.1. The molecule has 0 unspecified atom stereocenters. The number of aromatic nitrogens is 3. The Balaban J connectivity index is 1.26. The molecule has 2 aromatic heterocycles. The third-order valence-electron chi connectivity index (χ3n) is 10.7. The maximum absolute atomic E-state index is 17.1. The second-order valence-corrected chi connectivity index (χ2v) is 14.2. The Morgan fingerprint density at radius 2 is 1.79 bits per heavy atom. The predicted molar refractivity (Wildman–Crippen MR) is 183 cm³/mol. The number of benzene rings is 2. The van der Waals surface area contributed by atoms with Crippen LogP contribution in [0.2, 0.25) is 0 Å². The number of fused-ring (bicyclic) bond motifs is 4. The van der Waals surface area contributed by atoms with Crippen molar-refractivity contribution in [3.05, 3.63) is 41.5 Å². The van der Waals surface area contributed by atoms with E-state index >= 15 is 4.39 Å². The van der Waals surface area contributed by atoms with Crippen molar-refractivity contribution >= 4 is 33.4 Å². The van der Waals surface area contributed by atoms with Crippen molar-refractivity contribution < 1.29 is 46.1 Å². The van der Waals surface area contributed by atoms with Crippen LogP contribution in [-0.2, 0) is 9.53 Å². The molecular weight excluding hydrogens is 703 g/mol. The van der Waals surface area contributed by atoms with Gasteiger partial charge < -0.3 is 29.1 Å². The fourth-order valence-corrected chi connectivity index (χ4v) is 8.01. The van der Waals surface area contributed by atoms with E-state index in [1.54, 1.807) is 4.90 Å². The van der Waals surface area contributed by atoms with Crippen molar-refractivity contribution in [2.45, 2.75) is 43.9 Å². The van der Waals surface area contributed by atoms with Gasteiger partial charge in [0.15, 0.2) is 5.82 Å². The number of halogens is 5. The summed E-state index contributed by atoms with van der Waals surface area (Å²) in [5.41, 5.74) is -0.982. The Kier molecular flexibility index (Phi) is 8.68. The number of pyridine rings is 1. The minimum Gasteiger partial charge on any atom is -0.508 e. The summed E-state index contributed by atoms with van der Waals surface area (Å²) in [6.45, 7) is 3.80.